The topological polar surface area (TPSA) is 64.4 Å². The van der Waals surface area contributed by atoms with Crippen molar-refractivity contribution in [3.8, 4) is 5.75 Å². The Bertz CT molecular complexity index is 408. The largest absolute Gasteiger partial charge is 0.493 e. The Kier molecular flexibility index (Phi) is 4.12. The van der Waals surface area contributed by atoms with Crippen LogP contribution in [0.3, 0.4) is 0 Å². The molecule has 4 nitrogen and oxygen atoms in total. The number of hydrazine groups is 1. The van der Waals surface area contributed by atoms with Crippen LogP contribution in [0.5, 0.6) is 5.75 Å². The Labute approximate surface area is 102 Å². The number of nitrogens with two attached hydrogens (primary N) is 1. The lowest BCUT2D eigenvalue weighted by Crippen LogP contribution is -2.30. The minimum absolute atomic E-state index is 0.0819. The van der Waals surface area contributed by atoms with Crippen molar-refractivity contribution in [2.24, 2.45) is 11.3 Å². The first-order chi connectivity index (χ1) is 7.83. The van der Waals surface area contributed by atoms with Gasteiger partial charge in [-0.15, -0.1) is 0 Å². The third-order valence-electron chi connectivity index (χ3n) is 2.24. The molecule has 1 rings (SSSR count). The van der Waals surface area contributed by atoms with Crippen molar-refractivity contribution in [2.75, 3.05) is 6.61 Å². The van der Waals surface area contributed by atoms with Gasteiger partial charge >= 0.3 is 0 Å². The summed E-state index contributed by atoms with van der Waals surface area (Å²) in [4.78, 5) is 11.4. The van der Waals surface area contributed by atoms with Crippen molar-refractivity contribution >= 4 is 5.91 Å². The first-order valence-corrected chi connectivity index (χ1v) is 5.58. The molecular formula is C13H20N2O2. The van der Waals surface area contributed by atoms with Crippen LogP contribution in [0.15, 0.2) is 18.2 Å². The molecule has 3 N–H and O–H groups in total. The van der Waals surface area contributed by atoms with Gasteiger partial charge in [0.25, 0.3) is 5.91 Å². The summed E-state index contributed by atoms with van der Waals surface area (Å²) in [7, 11) is 0. The summed E-state index contributed by atoms with van der Waals surface area (Å²) in [6, 6.07) is 5.29. The van der Waals surface area contributed by atoms with Crippen LogP contribution in [0.4, 0.5) is 0 Å². The number of nitrogens with one attached hydrogen (secondary N) is 1. The van der Waals surface area contributed by atoms with Gasteiger partial charge < -0.3 is 4.74 Å². The first-order valence-electron chi connectivity index (χ1n) is 5.58. The van der Waals surface area contributed by atoms with Crippen LogP contribution >= 0.6 is 0 Å². The second-order valence-corrected chi connectivity index (χ2v) is 5.30. The molecule has 0 radical (unpaired) electrons. The van der Waals surface area contributed by atoms with Gasteiger partial charge in [-0.3, -0.25) is 10.2 Å². The lowest BCUT2D eigenvalue weighted by atomic mass is 9.98. The van der Waals surface area contributed by atoms with E-state index in [-0.39, 0.29) is 11.3 Å². The normalized spacial score (nSPS) is 11.1. The molecule has 0 aromatic heterocycles. The lowest BCUT2D eigenvalue weighted by Gasteiger charge is -2.20. The summed E-state index contributed by atoms with van der Waals surface area (Å²) in [6.07, 6.45) is 0. The highest BCUT2D eigenvalue weighted by molar-refractivity contribution is 5.94. The zero-order valence-electron chi connectivity index (χ0n) is 10.8. The lowest BCUT2D eigenvalue weighted by molar-refractivity contribution is 0.0953. The molecule has 4 heteroatoms. The Morgan fingerprint density at radius 2 is 2.06 bits per heavy atom. The molecule has 0 spiro atoms. The predicted octanol–water partition coefficient (Wildman–Crippen LogP) is 2.02. The van der Waals surface area contributed by atoms with Crippen molar-refractivity contribution in [2.45, 2.75) is 27.7 Å². The number of amides is 1. The van der Waals surface area contributed by atoms with Crippen molar-refractivity contribution in [3.63, 3.8) is 0 Å². The van der Waals surface area contributed by atoms with Gasteiger partial charge in [0.2, 0.25) is 0 Å². The molecule has 1 amide bonds. The molecule has 0 aliphatic carbocycles. The Hall–Kier alpha value is -1.55. The van der Waals surface area contributed by atoms with Crippen molar-refractivity contribution in [3.05, 3.63) is 29.3 Å². The van der Waals surface area contributed by atoms with E-state index in [9.17, 15) is 4.79 Å². The molecule has 0 aliphatic rings. The molecule has 0 atom stereocenters. The number of benzene rings is 1. The minimum atomic E-state index is -0.314. The number of carbonyl (C=O) groups excluding carboxylic acids is 1. The zero-order chi connectivity index (χ0) is 13.1. The van der Waals surface area contributed by atoms with Gasteiger partial charge in [-0.2, -0.15) is 0 Å². The predicted molar refractivity (Wildman–Crippen MR) is 67.8 cm³/mol. The highest BCUT2D eigenvalue weighted by atomic mass is 16.5. The van der Waals surface area contributed by atoms with Crippen LogP contribution in [-0.2, 0) is 0 Å². The number of hydrogen-bond acceptors (Lipinski definition) is 3. The highest BCUT2D eigenvalue weighted by Gasteiger charge is 2.13. The zero-order valence-corrected chi connectivity index (χ0v) is 10.8. The van der Waals surface area contributed by atoms with Crippen LogP contribution in [-0.4, -0.2) is 12.5 Å². The number of rotatable bonds is 3. The third kappa shape index (κ3) is 4.07. The fourth-order valence-corrected chi connectivity index (χ4v) is 1.27. The van der Waals surface area contributed by atoms with Gasteiger partial charge in [0.15, 0.2) is 0 Å². The van der Waals surface area contributed by atoms with Crippen LogP contribution in [0.2, 0.25) is 0 Å². The van der Waals surface area contributed by atoms with Gasteiger partial charge in [0.1, 0.15) is 5.75 Å². The number of carbonyl (C=O) groups is 1. The fraction of sp³-hybridized carbons (Fsp3) is 0.462. The molecular weight excluding hydrogens is 216 g/mol. The molecule has 0 aliphatic heterocycles. The minimum Gasteiger partial charge on any atom is -0.493 e. The SMILES string of the molecule is Cc1ccc(C(=O)NN)cc1OCC(C)(C)C. The van der Waals surface area contributed by atoms with Crippen molar-refractivity contribution in [1.29, 1.82) is 0 Å². The molecule has 0 saturated carbocycles. The van der Waals surface area contributed by atoms with Crippen LogP contribution in [0, 0.1) is 12.3 Å². The van der Waals surface area contributed by atoms with Gasteiger partial charge in [0.05, 0.1) is 6.61 Å². The highest BCUT2D eigenvalue weighted by Crippen LogP contribution is 2.22. The summed E-state index contributed by atoms with van der Waals surface area (Å²) >= 11 is 0. The summed E-state index contributed by atoms with van der Waals surface area (Å²) in [6.45, 7) is 8.83. The van der Waals surface area contributed by atoms with Crippen LogP contribution in [0.25, 0.3) is 0 Å². The Morgan fingerprint density at radius 1 is 1.41 bits per heavy atom. The second kappa shape index (κ2) is 5.19. The number of ether oxygens (including phenoxy) is 1. The van der Waals surface area contributed by atoms with E-state index < -0.39 is 0 Å². The van der Waals surface area contributed by atoms with E-state index in [1.54, 1.807) is 12.1 Å². The maximum absolute atomic E-state index is 11.4. The first kappa shape index (κ1) is 13.5. The summed E-state index contributed by atoms with van der Waals surface area (Å²) in [5, 5.41) is 0. The number of aryl methyl sites for hydroxylation is 1. The van der Waals surface area contributed by atoms with E-state index in [2.05, 4.69) is 26.2 Å². The molecule has 0 heterocycles. The van der Waals surface area contributed by atoms with E-state index in [4.69, 9.17) is 10.6 Å². The van der Waals surface area contributed by atoms with E-state index in [1.807, 2.05) is 13.0 Å². The number of hydrogen-bond donors (Lipinski definition) is 2. The average molecular weight is 236 g/mol. The molecule has 0 fully saturated rings. The molecule has 94 valence electrons. The summed E-state index contributed by atoms with van der Waals surface area (Å²) in [5.41, 5.74) is 3.69. The maximum atomic E-state index is 11.4. The monoisotopic (exact) mass is 236 g/mol. The van der Waals surface area contributed by atoms with Crippen LogP contribution < -0.4 is 16.0 Å². The molecule has 0 unspecified atom stereocenters. The van der Waals surface area contributed by atoms with Gasteiger partial charge in [-0.05, 0) is 30.0 Å². The van der Waals surface area contributed by atoms with Crippen LogP contribution in [0.1, 0.15) is 36.7 Å². The van der Waals surface area contributed by atoms with E-state index >= 15 is 0 Å². The summed E-state index contributed by atoms with van der Waals surface area (Å²) < 4.78 is 5.72. The van der Waals surface area contributed by atoms with E-state index in [0.717, 1.165) is 11.3 Å². The molecule has 0 saturated heterocycles. The molecule has 0 bridgehead atoms. The van der Waals surface area contributed by atoms with Gasteiger partial charge in [-0.25, -0.2) is 5.84 Å². The average Bonchev–Trinajstić information content (AvgIpc) is 2.26. The van der Waals surface area contributed by atoms with Crippen molar-refractivity contribution < 1.29 is 9.53 Å². The van der Waals surface area contributed by atoms with Crippen molar-refractivity contribution in [1.82, 2.24) is 5.43 Å². The molecule has 1 aromatic carbocycles. The Morgan fingerprint density at radius 3 is 2.59 bits per heavy atom. The third-order valence-corrected chi connectivity index (χ3v) is 2.24. The fourth-order valence-electron chi connectivity index (χ4n) is 1.27. The maximum Gasteiger partial charge on any atom is 0.265 e. The van der Waals surface area contributed by atoms with Gasteiger partial charge in [-0.1, -0.05) is 26.8 Å². The second-order valence-electron chi connectivity index (χ2n) is 5.30. The number of nitrogen functional groups attached to an aromatic ring is 1. The summed E-state index contributed by atoms with van der Waals surface area (Å²) in [5.74, 6) is 5.50. The Balaban J connectivity index is 2.87. The van der Waals surface area contributed by atoms with Gasteiger partial charge in [0, 0.05) is 5.56 Å². The quantitative estimate of drug-likeness (QED) is 0.479. The smallest absolute Gasteiger partial charge is 0.265 e. The van der Waals surface area contributed by atoms with E-state index in [0.29, 0.717) is 12.2 Å². The molecule has 17 heavy (non-hydrogen) atoms. The molecule has 1 aromatic rings. The van der Waals surface area contributed by atoms with E-state index in [1.165, 1.54) is 0 Å². The standard InChI is InChI=1S/C13H20N2O2/c1-9-5-6-10(12(16)15-14)7-11(9)17-8-13(2,3)4/h5-7H,8,14H2,1-4H3,(H,15,16).